The minimum absolute atomic E-state index is 0.369. The number of alkyl halides is 3. The Kier molecular flexibility index (Phi) is 5.04. The molecule has 0 heterocycles. The highest BCUT2D eigenvalue weighted by molar-refractivity contribution is 5.84. The lowest BCUT2D eigenvalue weighted by Gasteiger charge is -2.21. The van der Waals surface area contributed by atoms with Crippen molar-refractivity contribution in [3.8, 4) is 0 Å². The lowest BCUT2D eigenvalue weighted by Crippen LogP contribution is -2.37. The third-order valence-electron chi connectivity index (χ3n) is 2.90. The summed E-state index contributed by atoms with van der Waals surface area (Å²) in [7, 11) is 0. The van der Waals surface area contributed by atoms with Gasteiger partial charge in [-0.05, 0) is 17.7 Å². The maximum atomic E-state index is 13.0. The van der Waals surface area contributed by atoms with Gasteiger partial charge >= 0.3 is 12.3 Å². The SMILES string of the molecule is O=C(Nc1ccccc1)O[C@@H](Cc1ccccc1)C(F)(F)F. The third-order valence-corrected chi connectivity index (χ3v) is 2.90. The number of carbonyl (C=O) groups excluding carboxylic acids is 1. The van der Waals surface area contributed by atoms with Crippen LogP contribution in [0.2, 0.25) is 0 Å². The van der Waals surface area contributed by atoms with E-state index in [-0.39, 0.29) is 0 Å². The molecule has 2 rings (SSSR count). The predicted molar refractivity (Wildman–Crippen MR) is 76.5 cm³/mol. The molecule has 6 heteroatoms. The molecule has 0 aliphatic carbocycles. The smallest absolute Gasteiger partial charge is 0.425 e. The number of para-hydroxylation sites is 1. The second kappa shape index (κ2) is 6.98. The van der Waals surface area contributed by atoms with Gasteiger partial charge in [0.15, 0.2) is 0 Å². The molecule has 1 N–H and O–H groups in total. The highest BCUT2D eigenvalue weighted by atomic mass is 19.4. The normalized spacial score (nSPS) is 12.5. The van der Waals surface area contributed by atoms with Crippen LogP contribution in [-0.2, 0) is 11.2 Å². The number of carbonyl (C=O) groups is 1. The minimum Gasteiger partial charge on any atom is -0.436 e. The molecular formula is C16H14F3NO2. The van der Waals surface area contributed by atoms with E-state index >= 15 is 0 Å². The fourth-order valence-corrected chi connectivity index (χ4v) is 1.85. The molecule has 22 heavy (non-hydrogen) atoms. The van der Waals surface area contributed by atoms with Crippen molar-refractivity contribution in [2.75, 3.05) is 5.32 Å². The lowest BCUT2D eigenvalue weighted by atomic mass is 10.1. The van der Waals surface area contributed by atoms with Crippen LogP contribution in [0, 0.1) is 0 Å². The molecular weight excluding hydrogens is 295 g/mol. The maximum absolute atomic E-state index is 13.0. The first kappa shape index (κ1) is 15.9. The third kappa shape index (κ3) is 4.80. The maximum Gasteiger partial charge on any atom is 0.425 e. The average molecular weight is 309 g/mol. The summed E-state index contributed by atoms with van der Waals surface area (Å²) in [6.07, 6.45) is -8.39. The zero-order valence-corrected chi connectivity index (χ0v) is 11.5. The molecule has 0 radical (unpaired) electrons. The van der Waals surface area contributed by atoms with Crippen LogP contribution in [-0.4, -0.2) is 18.4 Å². The van der Waals surface area contributed by atoms with Crippen molar-refractivity contribution < 1.29 is 22.7 Å². The van der Waals surface area contributed by atoms with E-state index in [1.165, 1.54) is 0 Å². The van der Waals surface area contributed by atoms with Gasteiger partial charge in [-0.2, -0.15) is 13.2 Å². The number of amides is 1. The van der Waals surface area contributed by atoms with E-state index < -0.39 is 24.8 Å². The zero-order chi connectivity index (χ0) is 16.0. The monoisotopic (exact) mass is 309 g/mol. The van der Waals surface area contributed by atoms with Crippen molar-refractivity contribution in [2.45, 2.75) is 18.7 Å². The van der Waals surface area contributed by atoms with Crippen LogP contribution in [0.15, 0.2) is 60.7 Å². The number of halogens is 3. The van der Waals surface area contributed by atoms with E-state index in [1.807, 2.05) is 0 Å². The van der Waals surface area contributed by atoms with Gasteiger partial charge in [0.2, 0.25) is 6.10 Å². The Labute approximate surface area is 125 Å². The Morgan fingerprint density at radius 3 is 2.09 bits per heavy atom. The Morgan fingerprint density at radius 1 is 1.00 bits per heavy atom. The lowest BCUT2D eigenvalue weighted by molar-refractivity contribution is -0.201. The van der Waals surface area contributed by atoms with Crippen LogP contribution < -0.4 is 5.32 Å². The first-order valence-corrected chi connectivity index (χ1v) is 6.58. The predicted octanol–water partition coefficient (Wildman–Crippen LogP) is 4.41. The Hall–Kier alpha value is -2.50. The second-order valence-electron chi connectivity index (χ2n) is 4.62. The van der Waals surface area contributed by atoms with Gasteiger partial charge in [-0.25, -0.2) is 4.79 Å². The standard InChI is InChI=1S/C16H14F3NO2/c17-16(18,19)14(11-12-7-3-1-4-8-12)22-15(21)20-13-9-5-2-6-10-13/h1-10,14H,11H2,(H,20,21)/t14-/m0/s1. The van der Waals surface area contributed by atoms with Crippen LogP contribution in [0.5, 0.6) is 0 Å². The Bertz CT molecular complexity index is 600. The zero-order valence-electron chi connectivity index (χ0n) is 11.5. The van der Waals surface area contributed by atoms with Gasteiger partial charge in [-0.1, -0.05) is 48.5 Å². The number of hydrogen-bond acceptors (Lipinski definition) is 2. The molecule has 3 nitrogen and oxygen atoms in total. The van der Waals surface area contributed by atoms with Crippen LogP contribution >= 0.6 is 0 Å². The number of rotatable bonds is 4. The highest BCUT2D eigenvalue weighted by Gasteiger charge is 2.42. The molecule has 1 amide bonds. The molecule has 0 aliphatic heterocycles. The molecule has 2 aromatic rings. The first-order chi connectivity index (χ1) is 10.4. The van der Waals surface area contributed by atoms with Gasteiger partial charge in [0.25, 0.3) is 0 Å². The molecule has 0 fully saturated rings. The summed E-state index contributed by atoms with van der Waals surface area (Å²) in [4.78, 5) is 11.6. The average Bonchev–Trinajstić information content (AvgIpc) is 2.48. The fraction of sp³-hybridized carbons (Fsp3) is 0.188. The summed E-state index contributed by atoms with van der Waals surface area (Å²) in [5.74, 6) is 0. The van der Waals surface area contributed by atoms with E-state index in [1.54, 1.807) is 60.7 Å². The number of hydrogen-bond donors (Lipinski definition) is 1. The molecule has 0 unspecified atom stereocenters. The molecule has 0 aromatic heterocycles. The van der Waals surface area contributed by atoms with E-state index in [4.69, 9.17) is 0 Å². The molecule has 0 saturated carbocycles. The molecule has 0 spiro atoms. The fourth-order valence-electron chi connectivity index (χ4n) is 1.85. The second-order valence-corrected chi connectivity index (χ2v) is 4.62. The first-order valence-electron chi connectivity index (χ1n) is 6.58. The van der Waals surface area contributed by atoms with Crippen LogP contribution in [0.25, 0.3) is 0 Å². The molecule has 0 saturated heterocycles. The molecule has 1 atom stereocenters. The number of benzene rings is 2. The summed E-state index contributed by atoms with van der Waals surface area (Å²) < 4.78 is 43.5. The number of ether oxygens (including phenoxy) is 1. The largest absolute Gasteiger partial charge is 0.436 e. The van der Waals surface area contributed by atoms with Crippen LogP contribution in [0.3, 0.4) is 0 Å². The van der Waals surface area contributed by atoms with Crippen molar-refractivity contribution in [1.82, 2.24) is 0 Å². The van der Waals surface area contributed by atoms with E-state index in [0.717, 1.165) is 0 Å². The van der Waals surface area contributed by atoms with Crippen molar-refractivity contribution in [2.24, 2.45) is 0 Å². The van der Waals surface area contributed by atoms with Crippen molar-refractivity contribution in [3.05, 3.63) is 66.2 Å². The van der Waals surface area contributed by atoms with Crippen molar-refractivity contribution >= 4 is 11.8 Å². The van der Waals surface area contributed by atoms with Crippen molar-refractivity contribution in [1.29, 1.82) is 0 Å². The molecule has 2 aromatic carbocycles. The van der Waals surface area contributed by atoms with E-state index in [0.29, 0.717) is 11.3 Å². The highest BCUT2D eigenvalue weighted by Crippen LogP contribution is 2.26. The number of nitrogens with one attached hydrogen (secondary N) is 1. The molecule has 0 bridgehead atoms. The van der Waals surface area contributed by atoms with Crippen LogP contribution in [0.1, 0.15) is 5.56 Å². The molecule has 0 aliphatic rings. The van der Waals surface area contributed by atoms with Gasteiger partial charge in [0, 0.05) is 12.1 Å². The Balaban J connectivity index is 2.02. The quantitative estimate of drug-likeness (QED) is 0.908. The van der Waals surface area contributed by atoms with Gasteiger partial charge in [0.05, 0.1) is 0 Å². The molecule has 116 valence electrons. The summed E-state index contributed by atoms with van der Waals surface area (Å²) in [5.41, 5.74) is 0.811. The Morgan fingerprint density at radius 2 is 1.55 bits per heavy atom. The topological polar surface area (TPSA) is 38.3 Å². The number of anilines is 1. The van der Waals surface area contributed by atoms with E-state index in [9.17, 15) is 18.0 Å². The summed E-state index contributed by atoms with van der Waals surface area (Å²) in [5, 5.41) is 2.27. The van der Waals surface area contributed by atoms with Crippen molar-refractivity contribution in [3.63, 3.8) is 0 Å². The van der Waals surface area contributed by atoms with Gasteiger partial charge in [-0.15, -0.1) is 0 Å². The van der Waals surface area contributed by atoms with Gasteiger partial charge in [-0.3, -0.25) is 5.32 Å². The van der Waals surface area contributed by atoms with Gasteiger partial charge in [0.1, 0.15) is 0 Å². The van der Waals surface area contributed by atoms with Crippen LogP contribution in [0.4, 0.5) is 23.7 Å². The van der Waals surface area contributed by atoms with E-state index in [2.05, 4.69) is 10.1 Å². The summed E-state index contributed by atoms with van der Waals surface area (Å²) >= 11 is 0. The van der Waals surface area contributed by atoms with Gasteiger partial charge < -0.3 is 4.74 Å². The summed E-state index contributed by atoms with van der Waals surface area (Å²) in [6.45, 7) is 0. The summed E-state index contributed by atoms with van der Waals surface area (Å²) in [6, 6.07) is 16.2. The minimum atomic E-state index is -4.64.